The highest BCUT2D eigenvalue weighted by Gasteiger charge is 2.41. The summed E-state index contributed by atoms with van der Waals surface area (Å²) < 4.78 is 19.0. The van der Waals surface area contributed by atoms with Crippen LogP contribution in [0.3, 0.4) is 0 Å². The Balaban J connectivity index is 1.76. The maximum Gasteiger partial charge on any atom is 0.410 e. The number of hydrogen-bond donors (Lipinski definition) is 0. The van der Waals surface area contributed by atoms with Crippen molar-refractivity contribution in [3.8, 4) is 0 Å². The largest absolute Gasteiger partial charge is 0.445 e. The molecule has 2 aromatic rings. The van der Waals surface area contributed by atoms with Crippen LogP contribution in [0.15, 0.2) is 54.6 Å². The number of carbonyl (C=O) groups is 2. The number of hydrogen-bond acceptors (Lipinski definition) is 3. The lowest BCUT2D eigenvalue weighted by Crippen LogP contribution is -2.45. The minimum atomic E-state index is -0.605. The van der Waals surface area contributed by atoms with Crippen LogP contribution in [0.1, 0.15) is 48.5 Å². The molecule has 0 unspecified atom stereocenters. The molecule has 0 spiro atoms. The zero-order chi connectivity index (χ0) is 19.2. The second-order valence-corrected chi connectivity index (χ2v) is 6.86. The molecule has 2 atom stereocenters. The van der Waals surface area contributed by atoms with E-state index in [0.29, 0.717) is 6.42 Å². The molecule has 142 valence electrons. The molecule has 1 amide bonds. The molecule has 1 aliphatic rings. The summed E-state index contributed by atoms with van der Waals surface area (Å²) in [5.41, 5.74) is 1.18. The molecule has 0 radical (unpaired) electrons. The Hall–Kier alpha value is -2.69. The van der Waals surface area contributed by atoms with Gasteiger partial charge in [0, 0.05) is 11.6 Å². The average molecular weight is 369 g/mol. The fourth-order valence-electron chi connectivity index (χ4n) is 3.66. The summed E-state index contributed by atoms with van der Waals surface area (Å²) in [5.74, 6) is -0.688. The molecule has 0 N–H and O–H groups in total. The monoisotopic (exact) mass is 369 g/mol. The summed E-state index contributed by atoms with van der Waals surface area (Å²) in [6, 6.07) is 14.4. The molecular weight excluding hydrogens is 345 g/mol. The van der Waals surface area contributed by atoms with E-state index in [1.165, 1.54) is 18.2 Å². The van der Waals surface area contributed by atoms with Crippen molar-refractivity contribution < 1.29 is 18.7 Å². The Kier molecular flexibility index (Phi) is 6.22. The Morgan fingerprint density at radius 2 is 1.89 bits per heavy atom. The van der Waals surface area contributed by atoms with Crippen LogP contribution < -0.4 is 0 Å². The van der Waals surface area contributed by atoms with Gasteiger partial charge in [0.25, 0.3) is 0 Å². The van der Waals surface area contributed by atoms with E-state index in [2.05, 4.69) is 6.92 Å². The minimum absolute atomic E-state index is 0.0271. The highest BCUT2D eigenvalue weighted by Crippen LogP contribution is 2.30. The summed E-state index contributed by atoms with van der Waals surface area (Å²) in [7, 11) is 0. The smallest absolute Gasteiger partial charge is 0.410 e. The minimum Gasteiger partial charge on any atom is -0.445 e. The zero-order valence-corrected chi connectivity index (χ0v) is 15.4. The van der Waals surface area contributed by atoms with E-state index >= 15 is 0 Å². The molecule has 0 bridgehead atoms. The molecule has 0 aromatic heterocycles. The van der Waals surface area contributed by atoms with Crippen LogP contribution >= 0.6 is 0 Å². The van der Waals surface area contributed by atoms with Crippen LogP contribution in [0, 0.1) is 5.82 Å². The number of Topliss-reactive ketones (excluding diaryl/α,β-unsaturated/α-hetero) is 1. The number of halogens is 1. The van der Waals surface area contributed by atoms with Crippen molar-refractivity contribution in [3.05, 3.63) is 71.5 Å². The summed E-state index contributed by atoms with van der Waals surface area (Å²) in [6.07, 6.45) is 2.56. The molecule has 1 aliphatic heterocycles. The highest BCUT2D eigenvalue weighted by atomic mass is 19.1. The molecule has 5 heteroatoms. The first-order valence-corrected chi connectivity index (χ1v) is 9.39. The summed E-state index contributed by atoms with van der Waals surface area (Å²) in [5, 5.41) is 0. The maximum atomic E-state index is 13.5. The van der Waals surface area contributed by atoms with Gasteiger partial charge in [0.2, 0.25) is 0 Å². The fourth-order valence-corrected chi connectivity index (χ4v) is 3.66. The second kappa shape index (κ2) is 8.80. The number of carbonyl (C=O) groups excluding carboxylic acids is 2. The van der Waals surface area contributed by atoms with Gasteiger partial charge >= 0.3 is 6.09 Å². The summed E-state index contributed by atoms with van der Waals surface area (Å²) in [4.78, 5) is 27.3. The molecule has 3 rings (SSSR count). The number of nitrogens with zero attached hydrogens (tertiary/aromatic N) is 1. The van der Waals surface area contributed by atoms with Gasteiger partial charge in [-0.2, -0.15) is 0 Å². The Bertz CT molecular complexity index is 793. The first kappa shape index (κ1) is 19.1. The van der Waals surface area contributed by atoms with E-state index in [4.69, 9.17) is 4.74 Å². The number of likely N-dealkylation sites (tertiary alicyclic amines) is 1. The first-order valence-electron chi connectivity index (χ1n) is 9.39. The van der Waals surface area contributed by atoms with E-state index < -0.39 is 18.0 Å². The molecule has 1 heterocycles. The van der Waals surface area contributed by atoms with Gasteiger partial charge in [-0.15, -0.1) is 0 Å². The fraction of sp³-hybridized carbons (Fsp3) is 0.364. The van der Waals surface area contributed by atoms with Crippen molar-refractivity contribution in [2.75, 3.05) is 0 Å². The number of amides is 1. The predicted octanol–water partition coefficient (Wildman–Crippen LogP) is 4.98. The lowest BCUT2D eigenvalue weighted by molar-refractivity contribution is 0.0644. The Labute approximate surface area is 158 Å². The van der Waals surface area contributed by atoms with Crippen LogP contribution in [-0.4, -0.2) is 28.9 Å². The van der Waals surface area contributed by atoms with Gasteiger partial charge in [-0.05, 0) is 37.0 Å². The Morgan fingerprint density at radius 3 is 2.59 bits per heavy atom. The highest BCUT2D eigenvalue weighted by molar-refractivity contribution is 6.01. The average Bonchev–Trinajstić information content (AvgIpc) is 3.10. The standard InChI is InChI=1S/C22H24FNO3/c1-2-7-19-12-13-20(21(25)17-10-6-11-18(23)14-17)24(19)22(26)27-15-16-8-4-3-5-9-16/h3-6,8-11,14,19-20H,2,7,12-13,15H2,1H3/t19-,20+/m1/s1. The van der Waals surface area contributed by atoms with Crippen LogP contribution in [0.5, 0.6) is 0 Å². The van der Waals surface area contributed by atoms with Crippen LogP contribution in [0.25, 0.3) is 0 Å². The number of rotatable bonds is 6. The molecule has 1 fully saturated rings. The van der Waals surface area contributed by atoms with Crippen molar-refractivity contribution in [2.45, 2.75) is 51.3 Å². The van der Waals surface area contributed by atoms with E-state index in [1.807, 2.05) is 30.3 Å². The van der Waals surface area contributed by atoms with Crippen LogP contribution in [0.2, 0.25) is 0 Å². The molecule has 0 aliphatic carbocycles. The van der Waals surface area contributed by atoms with Crippen molar-refractivity contribution in [1.29, 1.82) is 0 Å². The number of benzene rings is 2. The van der Waals surface area contributed by atoms with Crippen molar-refractivity contribution in [2.24, 2.45) is 0 Å². The topological polar surface area (TPSA) is 46.6 Å². The van der Waals surface area contributed by atoms with Crippen molar-refractivity contribution >= 4 is 11.9 Å². The third-order valence-corrected chi connectivity index (χ3v) is 4.95. The Morgan fingerprint density at radius 1 is 1.11 bits per heavy atom. The van der Waals surface area contributed by atoms with E-state index in [0.717, 1.165) is 24.8 Å². The first-order chi connectivity index (χ1) is 13.1. The number of ketones is 1. The van der Waals surface area contributed by atoms with Crippen molar-refractivity contribution in [1.82, 2.24) is 4.90 Å². The van der Waals surface area contributed by atoms with Gasteiger partial charge in [-0.25, -0.2) is 9.18 Å². The zero-order valence-electron chi connectivity index (χ0n) is 15.4. The van der Waals surface area contributed by atoms with Gasteiger partial charge in [-0.3, -0.25) is 9.69 Å². The molecule has 27 heavy (non-hydrogen) atoms. The lowest BCUT2D eigenvalue weighted by atomic mass is 10.0. The normalized spacial score (nSPS) is 19.1. The summed E-state index contributed by atoms with van der Waals surface area (Å²) in [6.45, 7) is 2.21. The molecular formula is C22H24FNO3. The molecule has 0 saturated carbocycles. The van der Waals surface area contributed by atoms with E-state index in [9.17, 15) is 14.0 Å². The van der Waals surface area contributed by atoms with Gasteiger partial charge in [0.05, 0.1) is 6.04 Å². The van der Waals surface area contributed by atoms with Gasteiger partial charge in [0.1, 0.15) is 12.4 Å². The van der Waals surface area contributed by atoms with Crippen LogP contribution in [0.4, 0.5) is 9.18 Å². The number of ether oxygens (including phenoxy) is 1. The predicted molar refractivity (Wildman–Crippen MR) is 101 cm³/mol. The van der Waals surface area contributed by atoms with Gasteiger partial charge < -0.3 is 4.74 Å². The summed E-state index contributed by atoms with van der Waals surface area (Å²) >= 11 is 0. The van der Waals surface area contributed by atoms with Gasteiger partial charge in [0.15, 0.2) is 5.78 Å². The van der Waals surface area contributed by atoms with Crippen molar-refractivity contribution in [3.63, 3.8) is 0 Å². The third kappa shape index (κ3) is 4.54. The van der Waals surface area contributed by atoms with E-state index in [1.54, 1.807) is 11.0 Å². The quantitative estimate of drug-likeness (QED) is 0.675. The third-order valence-electron chi connectivity index (χ3n) is 4.95. The van der Waals surface area contributed by atoms with E-state index in [-0.39, 0.29) is 24.0 Å². The maximum absolute atomic E-state index is 13.5. The molecule has 4 nitrogen and oxygen atoms in total. The van der Waals surface area contributed by atoms with Crippen LogP contribution in [-0.2, 0) is 11.3 Å². The van der Waals surface area contributed by atoms with Gasteiger partial charge in [-0.1, -0.05) is 55.8 Å². The SMILES string of the molecule is CCC[C@@H]1CC[C@@H](C(=O)c2cccc(F)c2)N1C(=O)OCc1ccccc1. The lowest BCUT2D eigenvalue weighted by Gasteiger charge is -2.29. The second-order valence-electron chi connectivity index (χ2n) is 6.86. The molecule has 1 saturated heterocycles. The molecule has 2 aromatic carbocycles.